The normalized spacial score (nSPS) is 16.6. The second kappa shape index (κ2) is 10.8. The highest BCUT2D eigenvalue weighted by Crippen LogP contribution is 2.07. The van der Waals surface area contributed by atoms with E-state index in [0.717, 1.165) is 37.6 Å². The Morgan fingerprint density at radius 3 is 2.54 bits per heavy atom. The van der Waals surface area contributed by atoms with Crippen molar-refractivity contribution in [3.05, 3.63) is 65.7 Å². The lowest BCUT2D eigenvalue weighted by atomic mass is 10.1. The number of aliphatic imine (C=N–C) groups is 1. The summed E-state index contributed by atoms with van der Waals surface area (Å²) in [5.41, 5.74) is 3.34. The molecule has 0 amide bonds. The summed E-state index contributed by atoms with van der Waals surface area (Å²) in [7, 11) is 0. The molecule has 28 heavy (non-hydrogen) atoms. The summed E-state index contributed by atoms with van der Waals surface area (Å²) in [5, 5.41) is 17.0. The number of aliphatic hydroxyl groups is 1. The van der Waals surface area contributed by atoms with Crippen LogP contribution in [-0.2, 0) is 11.3 Å². The Hall–Kier alpha value is -2.41. The van der Waals surface area contributed by atoms with Gasteiger partial charge in [-0.05, 0) is 24.6 Å². The number of hydrogen-bond acceptors (Lipinski definition) is 4. The molecule has 1 heterocycles. The number of hydrogen-bond donors (Lipinski definition) is 3. The Morgan fingerprint density at radius 1 is 1.11 bits per heavy atom. The van der Waals surface area contributed by atoms with Crippen LogP contribution in [0.1, 0.15) is 11.1 Å². The van der Waals surface area contributed by atoms with E-state index in [9.17, 15) is 5.11 Å². The highest BCUT2D eigenvalue weighted by Gasteiger charge is 2.15. The van der Waals surface area contributed by atoms with Crippen LogP contribution < -0.4 is 10.6 Å². The third-order valence-corrected chi connectivity index (χ3v) is 4.65. The minimum atomic E-state index is -0.472. The van der Waals surface area contributed by atoms with Crippen LogP contribution >= 0.6 is 0 Å². The second-order valence-corrected chi connectivity index (χ2v) is 7.09. The van der Waals surface area contributed by atoms with E-state index >= 15 is 0 Å². The standard InChI is InChI=1S/C22H30N4O2/c1-18-7-9-19(10-8-18)15-23-22(25-20-5-3-2-4-6-20)24-16-21(27)17-26-11-13-28-14-12-26/h2-10,21,27H,11-17H2,1H3,(H2,23,24,25). The summed E-state index contributed by atoms with van der Waals surface area (Å²) in [6.45, 7) is 6.92. The van der Waals surface area contributed by atoms with Gasteiger partial charge in [0.2, 0.25) is 0 Å². The number of aliphatic hydroxyl groups excluding tert-OH is 1. The number of ether oxygens (including phenoxy) is 1. The number of rotatable bonds is 7. The largest absolute Gasteiger partial charge is 0.390 e. The molecule has 6 nitrogen and oxygen atoms in total. The molecule has 1 aliphatic heterocycles. The number of anilines is 1. The topological polar surface area (TPSA) is 69.1 Å². The lowest BCUT2D eigenvalue weighted by molar-refractivity contribution is 0.0157. The summed E-state index contributed by atoms with van der Waals surface area (Å²) >= 11 is 0. The summed E-state index contributed by atoms with van der Waals surface area (Å²) in [6, 6.07) is 18.3. The molecular formula is C22H30N4O2. The quantitative estimate of drug-likeness (QED) is 0.506. The van der Waals surface area contributed by atoms with E-state index in [1.807, 2.05) is 30.3 Å². The van der Waals surface area contributed by atoms with Crippen molar-refractivity contribution < 1.29 is 9.84 Å². The Bertz CT molecular complexity index is 728. The third kappa shape index (κ3) is 6.96. The van der Waals surface area contributed by atoms with E-state index in [0.29, 0.717) is 25.6 Å². The third-order valence-electron chi connectivity index (χ3n) is 4.65. The molecule has 3 rings (SSSR count). The van der Waals surface area contributed by atoms with Crippen molar-refractivity contribution in [1.29, 1.82) is 0 Å². The minimum absolute atomic E-state index is 0.434. The molecule has 1 unspecified atom stereocenters. The van der Waals surface area contributed by atoms with Gasteiger partial charge >= 0.3 is 0 Å². The maximum absolute atomic E-state index is 10.4. The van der Waals surface area contributed by atoms with Crippen LogP contribution in [-0.4, -0.2) is 61.5 Å². The zero-order chi connectivity index (χ0) is 19.6. The number of benzene rings is 2. The zero-order valence-electron chi connectivity index (χ0n) is 16.5. The molecule has 3 N–H and O–H groups in total. The van der Waals surface area contributed by atoms with Crippen LogP contribution in [0.4, 0.5) is 5.69 Å². The van der Waals surface area contributed by atoms with E-state index in [4.69, 9.17) is 4.74 Å². The van der Waals surface area contributed by atoms with E-state index < -0.39 is 6.10 Å². The van der Waals surface area contributed by atoms with Crippen molar-refractivity contribution in [2.75, 3.05) is 44.7 Å². The van der Waals surface area contributed by atoms with Crippen molar-refractivity contribution in [2.45, 2.75) is 19.6 Å². The fraction of sp³-hybridized carbons (Fsp3) is 0.409. The first kappa shape index (κ1) is 20.3. The Balaban J connectivity index is 1.58. The molecule has 0 saturated carbocycles. The first-order valence-corrected chi connectivity index (χ1v) is 9.83. The molecule has 1 saturated heterocycles. The molecule has 2 aromatic carbocycles. The van der Waals surface area contributed by atoms with Crippen molar-refractivity contribution >= 4 is 11.6 Å². The van der Waals surface area contributed by atoms with Crippen molar-refractivity contribution in [3.8, 4) is 0 Å². The van der Waals surface area contributed by atoms with Crippen molar-refractivity contribution in [1.82, 2.24) is 10.2 Å². The van der Waals surface area contributed by atoms with Gasteiger partial charge in [0.05, 0.1) is 25.9 Å². The highest BCUT2D eigenvalue weighted by atomic mass is 16.5. The number of nitrogens with one attached hydrogen (secondary N) is 2. The van der Waals surface area contributed by atoms with Crippen LogP contribution in [0.3, 0.4) is 0 Å². The smallest absolute Gasteiger partial charge is 0.196 e. The van der Waals surface area contributed by atoms with E-state index in [-0.39, 0.29) is 0 Å². The van der Waals surface area contributed by atoms with Gasteiger partial charge in [-0.2, -0.15) is 0 Å². The van der Waals surface area contributed by atoms with Crippen LogP contribution in [0.2, 0.25) is 0 Å². The molecule has 1 aliphatic rings. The van der Waals surface area contributed by atoms with Crippen molar-refractivity contribution in [2.24, 2.45) is 4.99 Å². The molecule has 0 aliphatic carbocycles. The number of β-amino-alcohol motifs (C(OH)–C–C–N with tert-alkyl or cyclic N) is 1. The fourth-order valence-corrected chi connectivity index (χ4v) is 3.02. The number of guanidine groups is 1. The maximum atomic E-state index is 10.4. The summed E-state index contributed by atoms with van der Waals surface area (Å²) in [4.78, 5) is 6.91. The van der Waals surface area contributed by atoms with E-state index in [2.05, 4.69) is 51.7 Å². The van der Waals surface area contributed by atoms with Gasteiger partial charge in [-0.25, -0.2) is 4.99 Å². The Labute approximate surface area is 167 Å². The second-order valence-electron chi connectivity index (χ2n) is 7.09. The summed E-state index contributed by atoms with van der Waals surface area (Å²) in [6.07, 6.45) is -0.472. The van der Waals surface area contributed by atoms with Crippen LogP contribution in [0.25, 0.3) is 0 Å². The van der Waals surface area contributed by atoms with Gasteiger partial charge in [0.25, 0.3) is 0 Å². The first-order valence-electron chi connectivity index (χ1n) is 9.83. The molecule has 1 atom stereocenters. The van der Waals surface area contributed by atoms with Crippen LogP contribution in [0.15, 0.2) is 59.6 Å². The predicted octanol–water partition coefficient (Wildman–Crippen LogP) is 2.25. The number of aryl methyl sites for hydroxylation is 1. The molecular weight excluding hydrogens is 352 g/mol. The lowest BCUT2D eigenvalue weighted by Crippen LogP contribution is -2.45. The number of para-hydroxylation sites is 1. The molecule has 150 valence electrons. The molecule has 0 bridgehead atoms. The molecule has 1 fully saturated rings. The lowest BCUT2D eigenvalue weighted by Gasteiger charge is -2.28. The maximum Gasteiger partial charge on any atom is 0.196 e. The Morgan fingerprint density at radius 2 is 1.82 bits per heavy atom. The van der Waals surface area contributed by atoms with Gasteiger partial charge in [0, 0.05) is 31.9 Å². The van der Waals surface area contributed by atoms with Gasteiger partial charge < -0.3 is 20.5 Å². The van der Waals surface area contributed by atoms with Crippen LogP contribution in [0.5, 0.6) is 0 Å². The average molecular weight is 383 g/mol. The monoisotopic (exact) mass is 382 g/mol. The Kier molecular flexibility index (Phi) is 7.84. The van der Waals surface area contributed by atoms with Gasteiger partial charge in [-0.1, -0.05) is 48.0 Å². The molecule has 0 radical (unpaired) electrons. The van der Waals surface area contributed by atoms with Gasteiger partial charge in [0.1, 0.15) is 0 Å². The SMILES string of the molecule is Cc1ccc(CN=C(NCC(O)CN2CCOCC2)Nc2ccccc2)cc1. The van der Waals surface area contributed by atoms with E-state index in [1.54, 1.807) is 0 Å². The number of morpholine rings is 1. The molecule has 0 spiro atoms. The van der Waals surface area contributed by atoms with Gasteiger partial charge in [0.15, 0.2) is 5.96 Å². The highest BCUT2D eigenvalue weighted by molar-refractivity contribution is 5.93. The molecule has 2 aromatic rings. The summed E-state index contributed by atoms with van der Waals surface area (Å²) < 4.78 is 5.36. The van der Waals surface area contributed by atoms with Crippen LogP contribution in [0, 0.1) is 6.92 Å². The van der Waals surface area contributed by atoms with Crippen molar-refractivity contribution in [3.63, 3.8) is 0 Å². The van der Waals surface area contributed by atoms with Gasteiger partial charge in [-0.15, -0.1) is 0 Å². The molecule has 6 heteroatoms. The predicted molar refractivity (Wildman–Crippen MR) is 114 cm³/mol. The van der Waals surface area contributed by atoms with Gasteiger partial charge in [-0.3, -0.25) is 4.90 Å². The fourth-order valence-electron chi connectivity index (χ4n) is 3.02. The average Bonchev–Trinajstić information content (AvgIpc) is 2.73. The molecule has 0 aromatic heterocycles. The zero-order valence-corrected chi connectivity index (χ0v) is 16.5. The van der Waals surface area contributed by atoms with E-state index in [1.165, 1.54) is 5.56 Å². The minimum Gasteiger partial charge on any atom is -0.390 e. The summed E-state index contributed by atoms with van der Waals surface area (Å²) in [5.74, 6) is 0.660. The first-order chi connectivity index (χ1) is 13.7. The number of nitrogens with zero attached hydrogens (tertiary/aromatic N) is 2.